The summed E-state index contributed by atoms with van der Waals surface area (Å²) in [6, 6.07) is 1.66. The fourth-order valence-electron chi connectivity index (χ4n) is 1.43. The molecule has 0 saturated heterocycles. The molecule has 1 aromatic rings. The first-order chi connectivity index (χ1) is 8.77. The Hall–Kier alpha value is -1.91. The molecular formula is C13H20N4O. The average Bonchev–Trinajstić information content (AvgIpc) is 2.41. The van der Waals surface area contributed by atoms with E-state index in [0.29, 0.717) is 18.1 Å². The number of rotatable bonds is 8. The molecule has 0 saturated carbocycles. The molecule has 1 heterocycles. The Kier molecular flexibility index (Phi) is 6.46. The van der Waals surface area contributed by atoms with Crippen molar-refractivity contribution in [1.82, 2.24) is 15.3 Å². The van der Waals surface area contributed by atoms with E-state index in [0.717, 1.165) is 13.0 Å². The van der Waals surface area contributed by atoms with Crippen LogP contribution in [0.2, 0.25) is 0 Å². The van der Waals surface area contributed by atoms with Gasteiger partial charge in [0.2, 0.25) is 0 Å². The van der Waals surface area contributed by atoms with Crippen molar-refractivity contribution < 1.29 is 4.79 Å². The van der Waals surface area contributed by atoms with Crippen LogP contribution < -0.4 is 10.6 Å². The van der Waals surface area contributed by atoms with Gasteiger partial charge >= 0.3 is 0 Å². The van der Waals surface area contributed by atoms with Crippen LogP contribution in [0.15, 0.2) is 25.0 Å². The van der Waals surface area contributed by atoms with Crippen LogP contribution in [-0.4, -0.2) is 29.0 Å². The Bertz CT molecular complexity index is 392. The lowest BCUT2D eigenvalue weighted by Crippen LogP contribution is -2.24. The SMILES string of the molecule is C=CCNC(=O)c1cc(NCCCCC)ncn1. The molecule has 1 amide bonds. The molecule has 18 heavy (non-hydrogen) atoms. The number of hydrogen-bond donors (Lipinski definition) is 2. The summed E-state index contributed by atoms with van der Waals surface area (Å²) >= 11 is 0. The predicted molar refractivity (Wildman–Crippen MR) is 72.6 cm³/mol. The molecule has 1 aromatic heterocycles. The van der Waals surface area contributed by atoms with E-state index in [1.807, 2.05) is 0 Å². The number of carbonyl (C=O) groups excluding carboxylic acids is 1. The summed E-state index contributed by atoms with van der Waals surface area (Å²) in [5, 5.41) is 5.86. The maximum atomic E-state index is 11.7. The standard InChI is InChI=1S/C13H20N4O/c1-3-5-6-8-14-12-9-11(16-10-17-12)13(18)15-7-4-2/h4,9-10H,2-3,5-8H2,1H3,(H,15,18)(H,14,16,17). The molecule has 5 nitrogen and oxygen atoms in total. The second-order valence-corrected chi connectivity index (χ2v) is 3.92. The second-order valence-electron chi connectivity index (χ2n) is 3.92. The molecule has 5 heteroatoms. The maximum Gasteiger partial charge on any atom is 0.270 e. The molecular weight excluding hydrogens is 228 g/mol. The minimum Gasteiger partial charge on any atom is -0.370 e. The molecule has 2 N–H and O–H groups in total. The molecule has 0 aliphatic carbocycles. The van der Waals surface area contributed by atoms with E-state index in [9.17, 15) is 4.79 Å². The number of unbranched alkanes of at least 4 members (excludes halogenated alkanes) is 2. The van der Waals surface area contributed by atoms with Gasteiger partial charge in [-0.05, 0) is 6.42 Å². The maximum absolute atomic E-state index is 11.7. The predicted octanol–water partition coefficient (Wildman–Crippen LogP) is 1.99. The zero-order chi connectivity index (χ0) is 13.2. The van der Waals surface area contributed by atoms with Gasteiger partial charge in [-0.3, -0.25) is 4.79 Å². The van der Waals surface area contributed by atoms with Gasteiger partial charge in [0.15, 0.2) is 0 Å². The van der Waals surface area contributed by atoms with Crippen molar-refractivity contribution in [1.29, 1.82) is 0 Å². The van der Waals surface area contributed by atoms with Gasteiger partial charge in [0.05, 0.1) is 0 Å². The second kappa shape index (κ2) is 8.22. The number of aromatic nitrogens is 2. The highest BCUT2D eigenvalue weighted by molar-refractivity contribution is 5.92. The molecule has 98 valence electrons. The summed E-state index contributed by atoms with van der Waals surface area (Å²) < 4.78 is 0. The summed E-state index contributed by atoms with van der Waals surface area (Å²) in [5.74, 6) is 0.471. The lowest BCUT2D eigenvalue weighted by atomic mass is 10.2. The molecule has 0 unspecified atom stereocenters. The summed E-state index contributed by atoms with van der Waals surface area (Å²) in [6.07, 6.45) is 6.48. The van der Waals surface area contributed by atoms with E-state index in [2.05, 4.69) is 34.1 Å². The first-order valence-electron chi connectivity index (χ1n) is 6.23. The molecule has 0 aromatic carbocycles. The van der Waals surface area contributed by atoms with Gasteiger partial charge in [0, 0.05) is 19.2 Å². The summed E-state index contributed by atoms with van der Waals surface area (Å²) in [5.41, 5.74) is 0.366. The van der Waals surface area contributed by atoms with Crippen molar-refractivity contribution in [2.45, 2.75) is 26.2 Å². The Balaban J connectivity index is 2.50. The Labute approximate surface area is 108 Å². The highest BCUT2D eigenvalue weighted by Gasteiger charge is 2.06. The Morgan fingerprint density at radius 1 is 1.44 bits per heavy atom. The zero-order valence-corrected chi connectivity index (χ0v) is 10.8. The number of carbonyl (C=O) groups is 1. The molecule has 0 aliphatic heterocycles. The minimum atomic E-state index is -0.214. The fraction of sp³-hybridized carbons (Fsp3) is 0.462. The van der Waals surface area contributed by atoms with Crippen molar-refractivity contribution in [3.8, 4) is 0 Å². The molecule has 0 spiro atoms. The third-order valence-corrected chi connectivity index (χ3v) is 2.39. The van der Waals surface area contributed by atoms with Crippen molar-refractivity contribution in [2.24, 2.45) is 0 Å². The monoisotopic (exact) mass is 248 g/mol. The molecule has 0 radical (unpaired) electrons. The van der Waals surface area contributed by atoms with Gasteiger partial charge in [-0.1, -0.05) is 25.8 Å². The topological polar surface area (TPSA) is 66.9 Å². The highest BCUT2D eigenvalue weighted by Crippen LogP contribution is 2.04. The van der Waals surface area contributed by atoms with Crippen LogP contribution in [0, 0.1) is 0 Å². The first kappa shape index (κ1) is 14.2. The van der Waals surface area contributed by atoms with Crippen LogP contribution in [0.1, 0.15) is 36.7 Å². The van der Waals surface area contributed by atoms with Gasteiger partial charge in [-0.25, -0.2) is 9.97 Å². The summed E-state index contributed by atoms with van der Waals surface area (Å²) in [7, 11) is 0. The van der Waals surface area contributed by atoms with E-state index in [4.69, 9.17) is 0 Å². The average molecular weight is 248 g/mol. The third kappa shape index (κ3) is 4.95. The molecule has 0 aliphatic rings. The number of anilines is 1. The van der Waals surface area contributed by atoms with Gasteiger partial charge in [0.1, 0.15) is 17.8 Å². The van der Waals surface area contributed by atoms with Crippen LogP contribution in [0.3, 0.4) is 0 Å². The van der Waals surface area contributed by atoms with Crippen LogP contribution in [-0.2, 0) is 0 Å². The normalized spacial score (nSPS) is 9.83. The van der Waals surface area contributed by atoms with Crippen molar-refractivity contribution in [2.75, 3.05) is 18.4 Å². The van der Waals surface area contributed by atoms with E-state index in [1.54, 1.807) is 12.1 Å². The highest BCUT2D eigenvalue weighted by atomic mass is 16.1. The Morgan fingerprint density at radius 2 is 2.28 bits per heavy atom. The lowest BCUT2D eigenvalue weighted by molar-refractivity contribution is 0.0953. The van der Waals surface area contributed by atoms with E-state index < -0.39 is 0 Å². The van der Waals surface area contributed by atoms with Gasteiger partial charge in [0.25, 0.3) is 5.91 Å². The van der Waals surface area contributed by atoms with Crippen LogP contribution >= 0.6 is 0 Å². The van der Waals surface area contributed by atoms with E-state index in [1.165, 1.54) is 19.2 Å². The molecule has 1 rings (SSSR count). The van der Waals surface area contributed by atoms with E-state index in [-0.39, 0.29) is 5.91 Å². The number of nitrogens with zero attached hydrogens (tertiary/aromatic N) is 2. The van der Waals surface area contributed by atoms with Crippen molar-refractivity contribution in [3.05, 3.63) is 30.7 Å². The summed E-state index contributed by atoms with van der Waals surface area (Å²) in [6.45, 7) is 6.99. The molecule has 0 atom stereocenters. The van der Waals surface area contributed by atoms with E-state index >= 15 is 0 Å². The lowest BCUT2D eigenvalue weighted by Gasteiger charge is -2.06. The smallest absolute Gasteiger partial charge is 0.270 e. The van der Waals surface area contributed by atoms with Gasteiger partial charge in [-0.15, -0.1) is 6.58 Å². The van der Waals surface area contributed by atoms with Crippen molar-refractivity contribution >= 4 is 11.7 Å². The molecule has 0 fully saturated rings. The van der Waals surface area contributed by atoms with Crippen molar-refractivity contribution in [3.63, 3.8) is 0 Å². The van der Waals surface area contributed by atoms with Crippen LogP contribution in [0.25, 0.3) is 0 Å². The van der Waals surface area contributed by atoms with Crippen LogP contribution in [0.4, 0.5) is 5.82 Å². The van der Waals surface area contributed by atoms with Gasteiger partial charge < -0.3 is 10.6 Å². The minimum absolute atomic E-state index is 0.214. The zero-order valence-electron chi connectivity index (χ0n) is 10.8. The number of amides is 1. The summed E-state index contributed by atoms with van der Waals surface area (Å²) in [4.78, 5) is 19.7. The van der Waals surface area contributed by atoms with Gasteiger partial charge in [-0.2, -0.15) is 0 Å². The third-order valence-electron chi connectivity index (χ3n) is 2.39. The largest absolute Gasteiger partial charge is 0.370 e. The fourth-order valence-corrected chi connectivity index (χ4v) is 1.43. The number of hydrogen-bond acceptors (Lipinski definition) is 4. The first-order valence-corrected chi connectivity index (χ1v) is 6.23. The Morgan fingerprint density at radius 3 is 3.00 bits per heavy atom. The molecule has 0 bridgehead atoms. The quantitative estimate of drug-likeness (QED) is 0.545. The number of nitrogens with one attached hydrogen (secondary N) is 2. The van der Waals surface area contributed by atoms with Crippen LogP contribution in [0.5, 0.6) is 0 Å².